The molecule has 2 unspecified atom stereocenters. The summed E-state index contributed by atoms with van der Waals surface area (Å²) in [5.41, 5.74) is 6.76. The largest absolute Gasteiger partial charge is 0.321 e. The molecule has 2 atom stereocenters. The third-order valence-corrected chi connectivity index (χ3v) is 4.78. The van der Waals surface area contributed by atoms with E-state index in [2.05, 4.69) is 20.8 Å². The quantitative estimate of drug-likeness (QED) is 0.739. The van der Waals surface area contributed by atoms with Crippen molar-refractivity contribution in [3.05, 3.63) is 35.4 Å². The molecule has 0 radical (unpaired) electrons. The maximum atomic E-state index is 13.4. The highest BCUT2D eigenvalue weighted by atomic mass is 19.1. The van der Waals surface area contributed by atoms with Crippen LogP contribution in [0.5, 0.6) is 0 Å². The van der Waals surface area contributed by atoms with Crippen LogP contribution >= 0.6 is 0 Å². The van der Waals surface area contributed by atoms with Gasteiger partial charge in [0.15, 0.2) is 0 Å². The minimum absolute atomic E-state index is 0.262. The Morgan fingerprint density at radius 1 is 1.05 bits per heavy atom. The topological polar surface area (TPSA) is 26.0 Å². The zero-order valence-corrected chi connectivity index (χ0v) is 12.7. The normalized spacial score (nSPS) is 28.2. The van der Waals surface area contributed by atoms with Crippen molar-refractivity contribution >= 4 is 0 Å². The maximum absolute atomic E-state index is 13.4. The van der Waals surface area contributed by atoms with Crippen LogP contribution in [0, 0.1) is 23.0 Å². The van der Waals surface area contributed by atoms with Gasteiger partial charge in [0.2, 0.25) is 0 Å². The van der Waals surface area contributed by atoms with Crippen molar-refractivity contribution in [1.29, 1.82) is 0 Å². The second-order valence-corrected chi connectivity index (χ2v) is 7.31. The molecule has 2 rings (SSSR count). The standard InChI is InChI=1S/C17H25F2N/c1-16(2,3)12-5-4-7-17(20,8-6-12)13-9-14(18)11-15(19)10-13/h9-12H,4-8,20H2,1-3H3. The lowest BCUT2D eigenvalue weighted by Gasteiger charge is -2.31. The van der Waals surface area contributed by atoms with E-state index in [1.165, 1.54) is 12.1 Å². The van der Waals surface area contributed by atoms with Gasteiger partial charge in [-0.2, -0.15) is 0 Å². The van der Waals surface area contributed by atoms with E-state index in [1.807, 2.05) is 0 Å². The van der Waals surface area contributed by atoms with Gasteiger partial charge in [-0.1, -0.05) is 27.2 Å². The molecule has 1 nitrogen and oxygen atoms in total. The molecule has 1 saturated carbocycles. The molecule has 0 bridgehead atoms. The van der Waals surface area contributed by atoms with Gasteiger partial charge in [-0.25, -0.2) is 8.78 Å². The van der Waals surface area contributed by atoms with Crippen molar-refractivity contribution in [2.45, 2.75) is 58.4 Å². The van der Waals surface area contributed by atoms with Crippen molar-refractivity contribution in [1.82, 2.24) is 0 Å². The molecule has 1 aliphatic carbocycles. The number of hydrogen-bond donors (Lipinski definition) is 1. The van der Waals surface area contributed by atoms with E-state index in [1.54, 1.807) is 0 Å². The number of benzene rings is 1. The molecule has 0 aromatic heterocycles. The van der Waals surface area contributed by atoms with Crippen LogP contribution in [-0.4, -0.2) is 0 Å². The highest BCUT2D eigenvalue weighted by Crippen LogP contribution is 2.42. The van der Waals surface area contributed by atoms with Crippen LogP contribution in [0.25, 0.3) is 0 Å². The molecule has 112 valence electrons. The van der Waals surface area contributed by atoms with Crippen LogP contribution in [0.2, 0.25) is 0 Å². The average Bonchev–Trinajstić information content (AvgIpc) is 2.50. The first-order chi connectivity index (χ1) is 9.21. The van der Waals surface area contributed by atoms with Gasteiger partial charge in [0.1, 0.15) is 11.6 Å². The van der Waals surface area contributed by atoms with Gasteiger partial charge in [0, 0.05) is 11.6 Å². The Balaban J connectivity index is 2.23. The van der Waals surface area contributed by atoms with Crippen LogP contribution in [0.4, 0.5) is 8.78 Å². The molecule has 20 heavy (non-hydrogen) atoms. The lowest BCUT2D eigenvalue weighted by atomic mass is 9.75. The second-order valence-electron chi connectivity index (χ2n) is 7.31. The van der Waals surface area contributed by atoms with Gasteiger partial charge in [0.25, 0.3) is 0 Å². The fourth-order valence-corrected chi connectivity index (χ4v) is 3.36. The summed E-state index contributed by atoms with van der Waals surface area (Å²) in [6.07, 6.45) is 4.75. The average molecular weight is 281 g/mol. The van der Waals surface area contributed by atoms with Crippen molar-refractivity contribution < 1.29 is 8.78 Å². The molecular weight excluding hydrogens is 256 g/mol. The third-order valence-electron chi connectivity index (χ3n) is 4.78. The van der Waals surface area contributed by atoms with Crippen molar-refractivity contribution in [2.24, 2.45) is 17.1 Å². The lowest BCUT2D eigenvalue weighted by molar-refractivity contribution is 0.210. The highest BCUT2D eigenvalue weighted by Gasteiger charge is 2.35. The number of nitrogens with two attached hydrogens (primary N) is 1. The molecule has 1 aromatic rings. The van der Waals surface area contributed by atoms with E-state index >= 15 is 0 Å². The summed E-state index contributed by atoms with van der Waals surface area (Å²) in [4.78, 5) is 0. The van der Waals surface area contributed by atoms with Gasteiger partial charge < -0.3 is 5.73 Å². The Labute approximate surface area is 120 Å². The van der Waals surface area contributed by atoms with Gasteiger partial charge in [-0.15, -0.1) is 0 Å². The van der Waals surface area contributed by atoms with Crippen molar-refractivity contribution in [2.75, 3.05) is 0 Å². The van der Waals surface area contributed by atoms with Gasteiger partial charge >= 0.3 is 0 Å². The molecule has 1 fully saturated rings. The SMILES string of the molecule is CC(C)(C)C1CCCC(N)(c2cc(F)cc(F)c2)CC1. The Morgan fingerprint density at radius 2 is 1.65 bits per heavy atom. The van der Waals surface area contributed by atoms with Crippen LogP contribution in [-0.2, 0) is 5.54 Å². The molecule has 0 amide bonds. The zero-order valence-electron chi connectivity index (χ0n) is 12.7. The molecule has 2 N–H and O–H groups in total. The summed E-state index contributed by atoms with van der Waals surface area (Å²) in [5, 5.41) is 0. The molecule has 0 spiro atoms. The maximum Gasteiger partial charge on any atom is 0.126 e. The van der Waals surface area contributed by atoms with Gasteiger partial charge in [-0.3, -0.25) is 0 Å². The van der Waals surface area contributed by atoms with E-state index in [0.717, 1.165) is 38.2 Å². The molecule has 3 heteroatoms. The highest BCUT2D eigenvalue weighted by molar-refractivity contribution is 5.26. The Bertz CT molecular complexity index is 458. The van der Waals surface area contributed by atoms with E-state index < -0.39 is 17.2 Å². The predicted octanol–water partition coefficient (Wildman–Crippen LogP) is 4.75. The number of halogens is 2. The number of hydrogen-bond acceptors (Lipinski definition) is 1. The minimum Gasteiger partial charge on any atom is -0.321 e. The molecule has 1 aliphatic rings. The molecule has 0 saturated heterocycles. The first-order valence-corrected chi connectivity index (χ1v) is 7.46. The van der Waals surface area contributed by atoms with Crippen LogP contribution in [0.15, 0.2) is 18.2 Å². The summed E-state index contributed by atoms with van der Waals surface area (Å²) in [6.45, 7) is 6.76. The van der Waals surface area contributed by atoms with Crippen LogP contribution in [0.1, 0.15) is 58.4 Å². The van der Waals surface area contributed by atoms with E-state index in [0.29, 0.717) is 11.5 Å². The van der Waals surface area contributed by atoms with Crippen LogP contribution < -0.4 is 5.73 Å². The monoisotopic (exact) mass is 281 g/mol. The van der Waals surface area contributed by atoms with Crippen molar-refractivity contribution in [3.63, 3.8) is 0 Å². The second kappa shape index (κ2) is 5.44. The lowest BCUT2D eigenvalue weighted by Crippen LogP contribution is -2.36. The Hall–Kier alpha value is -0.960. The summed E-state index contributed by atoms with van der Waals surface area (Å²) >= 11 is 0. The fraction of sp³-hybridized carbons (Fsp3) is 0.647. The minimum atomic E-state index is -0.594. The molecule has 1 aromatic carbocycles. The molecular formula is C17H25F2N. The third kappa shape index (κ3) is 3.38. The van der Waals surface area contributed by atoms with Gasteiger partial charge in [0.05, 0.1) is 0 Å². The molecule has 0 aliphatic heterocycles. The zero-order chi connectivity index (χ0) is 15.0. The van der Waals surface area contributed by atoms with E-state index in [4.69, 9.17) is 5.73 Å². The fourth-order valence-electron chi connectivity index (χ4n) is 3.36. The van der Waals surface area contributed by atoms with E-state index in [9.17, 15) is 8.78 Å². The predicted molar refractivity (Wildman–Crippen MR) is 78.3 cm³/mol. The first kappa shape index (κ1) is 15.4. The summed E-state index contributed by atoms with van der Waals surface area (Å²) < 4.78 is 26.8. The Kier molecular flexibility index (Phi) is 4.19. The first-order valence-electron chi connectivity index (χ1n) is 7.46. The van der Waals surface area contributed by atoms with E-state index in [-0.39, 0.29) is 5.41 Å². The number of rotatable bonds is 1. The smallest absolute Gasteiger partial charge is 0.126 e. The summed E-state index contributed by atoms with van der Waals surface area (Å²) in [7, 11) is 0. The van der Waals surface area contributed by atoms with Crippen LogP contribution in [0.3, 0.4) is 0 Å². The summed E-state index contributed by atoms with van der Waals surface area (Å²) in [5.74, 6) is -0.464. The molecule has 0 heterocycles. The van der Waals surface area contributed by atoms with Gasteiger partial charge in [-0.05, 0) is 54.7 Å². The Morgan fingerprint density at radius 3 is 2.20 bits per heavy atom. The summed E-state index contributed by atoms with van der Waals surface area (Å²) in [6, 6.07) is 3.68. The van der Waals surface area contributed by atoms with Crippen molar-refractivity contribution in [3.8, 4) is 0 Å².